The van der Waals surface area contributed by atoms with Gasteiger partial charge in [-0.3, -0.25) is 14.8 Å². The molecule has 1 unspecified atom stereocenters. The van der Waals surface area contributed by atoms with E-state index >= 15 is 0 Å². The molecule has 2 heterocycles. The maximum absolute atomic E-state index is 13.4. The van der Waals surface area contributed by atoms with Crippen LogP contribution in [0.3, 0.4) is 0 Å². The first kappa shape index (κ1) is 25.1. The Morgan fingerprint density at radius 1 is 1.39 bits per heavy atom. The van der Waals surface area contributed by atoms with E-state index in [0.717, 1.165) is 19.6 Å². The lowest BCUT2D eigenvalue weighted by atomic mass is 9.97. The normalized spacial score (nSPS) is 16.2. The van der Waals surface area contributed by atoms with E-state index in [0.29, 0.717) is 35.2 Å². The van der Waals surface area contributed by atoms with Gasteiger partial charge in [0.25, 0.3) is 5.91 Å². The van der Waals surface area contributed by atoms with Crippen molar-refractivity contribution < 1.29 is 13.9 Å². The molecule has 1 amide bonds. The number of rotatable bonds is 9. The van der Waals surface area contributed by atoms with Crippen LogP contribution in [0.15, 0.2) is 35.5 Å². The zero-order valence-corrected chi connectivity index (χ0v) is 20.0. The van der Waals surface area contributed by atoms with Crippen LogP contribution in [-0.2, 0) is 6.54 Å². The molecule has 7 nitrogen and oxygen atoms in total. The van der Waals surface area contributed by atoms with Crippen molar-refractivity contribution in [2.45, 2.75) is 32.4 Å². The molecule has 1 fully saturated rings. The largest absolute Gasteiger partial charge is 0.485 e. The summed E-state index contributed by atoms with van der Waals surface area (Å²) in [5.41, 5.74) is 1.63. The van der Waals surface area contributed by atoms with Crippen molar-refractivity contribution in [3.8, 4) is 5.75 Å². The number of likely N-dealkylation sites (tertiary alicyclic amines) is 1. The van der Waals surface area contributed by atoms with Crippen LogP contribution >= 0.6 is 11.6 Å². The summed E-state index contributed by atoms with van der Waals surface area (Å²) in [6.45, 7) is 5.43. The van der Waals surface area contributed by atoms with Gasteiger partial charge in [-0.1, -0.05) is 11.6 Å². The lowest BCUT2D eigenvalue weighted by Crippen LogP contribution is -2.34. The van der Waals surface area contributed by atoms with Gasteiger partial charge in [-0.05, 0) is 70.6 Å². The highest BCUT2D eigenvalue weighted by Gasteiger charge is 2.18. The number of carbonyl (C=O) groups excluding carboxylic acids is 1. The smallest absolute Gasteiger partial charge is 0.253 e. The van der Waals surface area contributed by atoms with Gasteiger partial charge in [-0.25, -0.2) is 4.39 Å². The summed E-state index contributed by atoms with van der Waals surface area (Å²) in [7, 11) is 3.73. The second-order valence-electron chi connectivity index (χ2n) is 8.29. The standard InChI is InChI=1S/C24H31ClFN5O2/c1-16(33-18-4-5-21(26)20(25)12-18)13-30-23-19(24(32)27-2)6-9-29-22(23)15-28-14-17-7-10-31(3)11-8-17/h4-6,9,12-13,16-17,28H,7-8,10-11,14-15H2,1-3H3,(H,27,32)/b30-13+. The molecule has 178 valence electrons. The van der Waals surface area contributed by atoms with Crippen LogP contribution in [0, 0.1) is 11.7 Å². The van der Waals surface area contributed by atoms with Crippen molar-refractivity contribution in [3.63, 3.8) is 0 Å². The molecule has 1 saturated heterocycles. The van der Waals surface area contributed by atoms with E-state index in [2.05, 4.69) is 32.6 Å². The van der Waals surface area contributed by atoms with Crippen LogP contribution < -0.4 is 15.4 Å². The van der Waals surface area contributed by atoms with Crippen molar-refractivity contribution in [3.05, 3.63) is 52.6 Å². The molecule has 1 aliphatic rings. The molecule has 0 bridgehead atoms. The summed E-state index contributed by atoms with van der Waals surface area (Å²) < 4.78 is 19.1. The highest BCUT2D eigenvalue weighted by Crippen LogP contribution is 2.25. The maximum atomic E-state index is 13.4. The molecule has 0 radical (unpaired) electrons. The summed E-state index contributed by atoms with van der Waals surface area (Å²) >= 11 is 5.82. The van der Waals surface area contributed by atoms with E-state index in [9.17, 15) is 9.18 Å². The van der Waals surface area contributed by atoms with Crippen molar-refractivity contribution in [2.75, 3.05) is 33.7 Å². The van der Waals surface area contributed by atoms with Gasteiger partial charge in [0, 0.05) is 32.1 Å². The fraction of sp³-hybridized carbons (Fsp3) is 0.458. The second-order valence-corrected chi connectivity index (χ2v) is 8.69. The molecule has 0 aliphatic carbocycles. The molecule has 3 rings (SSSR count). The van der Waals surface area contributed by atoms with Crippen molar-refractivity contribution in [1.82, 2.24) is 20.5 Å². The number of hydrogen-bond donors (Lipinski definition) is 2. The lowest BCUT2D eigenvalue weighted by molar-refractivity contribution is 0.0963. The van der Waals surface area contributed by atoms with Gasteiger partial charge in [0.2, 0.25) is 0 Å². The third-order valence-electron chi connectivity index (χ3n) is 5.66. The highest BCUT2D eigenvalue weighted by molar-refractivity contribution is 6.30. The van der Waals surface area contributed by atoms with Crippen LogP contribution in [0.5, 0.6) is 5.75 Å². The molecule has 33 heavy (non-hydrogen) atoms. The molecular formula is C24H31ClFN5O2. The molecule has 2 N–H and O–H groups in total. The van der Waals surface area contributed by atoms with Crippen molar-refractivity contribution in [1.29, 1.82) is 0 Å². The Hall–Kier alpha value is -2.55. The van der Waals surface area contributed by atoms with Crippen LogP contribution in [0.2, 0.25) is 5.02 Å². The minimum atomic E-state index is -0.506. The third kappa shape index (κ3) is 7.22. The quantitative estimate of drug-likeness (QED) is 0.539. The topological polar surface area (TPSA) is 78.9 Å². The Balaban J connectivity index is 1.70. The predicted octanol–water partition coefficient (Wildman–Crippen LogP) is 3.83. The number of aromatic nitrogens is 1. The zero-order chi connectivity index (χ0) is 23.8. The first-order chi connectivity index (χ1) is 15.9. The highest BCUT2D eigenvalue weighted by atomic mass is 35.5. The summed E-state index contributed by atoms with van der Waals surface area (Å²) in [6, 6.07) is 5.82. The molecule has 9 heteroatoms. The van der Waals surface area contributed by atoms with Crippen LogP contribution in [-0.4, -0.2) is 61.8 Å². The average molecular weight is 476 g/mol. The number of nitrogens with one attached hydrogen (secondary N) is 2. The van der Waals surface area contributed by atoms with Crippen molar-refractivity contribution >= 4 is 29.4 Å². The number of aliphatic imine (C=N–C) groups is 1. The Kier molecular flexibility index (Phi) is 9.17. The van der Waals surface area contributed by atoms with E-state index in [1.165, 1.54) is 31.0 Å². The minimum Gasteiger partial charge on any atom is -0.485 e. The van der Waals surface area contributed by atoms with Gasteiger partial charge in [0.1, 0.15) is 17.7 Å². The average Bonchev–Trinajstić information content (AvgIpc) is 2.81. The fourth-order valence-electron chi connectivity index (χ4n) is 3.72. The Morgan fingerprint density at radius 2 is 2.15 bits per heavy atom. The number of piperidine rings is 1. The molecule has 0 saturated carbocycles. The first-order valence-electron chi connectivity index (χ1n) is 11.1. The van der Waals surface area contributed by atoms with Gasteiger partial charge >= 0.3 is 0 Å². The van der Waals surface area contributed by atoms with Crippen LogP contribution in [0.4, 0.5) is 10.1 Å². The number of carbonyl (C=O) groups is 1. The number of amides is 1. The van der Waals surface area contributed by atoms with Crippen LogP contribution in [0.25, 0.3) is 0 Å². The number of halogens is 2. The monoisotopic (exact) mass is 475 g/mol. The number of nitrogens with zero attached hydrogens (tertiary/aromatic N) is 3. The Morgan fingerprint density at radius 3 is 2.85 bits per heavy atom. The summed E-state index contributed by atoms with van der Waals surface area (Å²) in [5, 5.41) is 6.12. The molecule has 0 spiro atoms. The van der Waals surface area contributed by atoms with Gasteiger partial charge in [0.15, 0.2) is 0 Å². The minimum absolute atomic E-state index is 0.0104. The van der Waals surface area contributed by atoms with E-state index in [1.54, 1.807) is 32.4 Å². The SMILES string of the molecule is CNC(=O)c1ccnc(CNCC2CCN(C)CC2)c1/N=C/C(C)Oc1ccc(F)c(Cl)c1. The number of pyridine rings is 1. The van der Waals surface area contributed by atoms with E-state index in [1.807, 2.05) is 0 Å². The van der Waals surface area contributed by atoms with Gasteiger partial charge in [-0.15, -0.1) is 0 Å². The van der Waals surface area contributed by atoms with Gasteiger partial charge in [-0.2, -0.15) is 0 Å². The molecule has 1 aromatic heterocycles. The van der Waals surface area contributed by atoms with E-state index < -0.39 is 11.9 Å². The van der Waals surface area contributed by atoms with Gasteiger partial charge < -0.3 is 20.3 Å². The fourth-order valence-corrected chi connectivity index (χ4v) is 3.89. The third-order valence-corrected chi connectivity index (χ3v) is 5.95. The maximum Gasteiger partial charge on any atom is 0.253 e. The van der Waals surface area contributed by atoms with Crippen LogP contribution in [0.1, 0.15) is 35.8 Å². The molecule has 1 atom stereocenters. The number of ether oxygens (including phenoxy) is 1. The summed E-state index contributed by atoms with van der Waals surface area (Å²) in [5.74, 6) is 0.317. The molecule has 1 aromatic carbocycles. The summed E-state index contributed by atoms with van der Waals surface area (Å²) in [6.07, 6.45) is 5.12. The Bertz CT molecular complexity index is 979. The Labute approximate surface area is 199 Å². The lowest BCUT2D eigenvalue weighted by Gasteiger charge is -2.29. The molecule has 1 aliphatic heterocycles. The first-order valence-corrected chi connectivity index (χ1v) is 11.5. The summed E-state index contributed by atoms with van der Waals surface area (Å²) in [4.78, 5) is 23.8. The predicted molar refractivity (Wildman–Crippen MR) is 129 cm³/mol. The zero-order valence-electron chi connectivity index (χ0n) is 19.3. The van der Waals surface area contributed by atoms with E-state index in [4.69, 9.17) is 16.3 Å². The van der Waals surface area contributed by atoms with E-state index in [-0.39, 0.29) is 10.9 Å². The molecule has 2 aromatic rings. The second kappa shape index (κ2) is 12.1. The molecular weight excluding hydrogens is 445 g/mol. The number of hydrogen-bond acceptors (Lipinski definition) is 6. The van der Waals surface area contributed by atoms with Crippen molar-refractivity contribution in [2.24, 2.45) is 10.9 Å². The number of benzene rings is 1. The van der Waals surface area contributed by atoms with Gasteiger partial charge in [0.05, 0.1) is 22.0 Å².